The van der Waals surface area contributed by atoms with Crippen LogP contribution < -0.4 is 0 Å². The van der Waals surface area contributed by atoms with Crippen LogP contribution in [0.5, 0.6) is 0 Å². The van der Waals surface area contributed by atoms with Gasteiger partial charge in [-0.2, -0.15) is 0 Å². The lowest BCUT2D eigenvalue weighted by Crippen LogP contribution is -2.36. The third-order valence-electron chi connectivity index (χ3n) is 4.00. The van der Waals surface area contributed by atoms with Crippen LogP contribution in [0.15, 0.2) is 30.5 Å². The molecule has 1 aromatic carbocycles. The first kappa shape index (κ1) is 12.7. The van der Waals surface area contributed by atoms with E-state index in [0.29, 0.717) is 0 Å². The van der Waals surface area contributed by atoms with Crippen LogP contribution in [0.4, 0.5) is 0 Å². The summed E-state index contributed by atoms with van der Waals surface area (Å²) in [5.74, 6) is 0. The number of hydrogen-bond acceptors (Lipinski definition) is 2. The molecular weight excluding hydrogens is 236 g/mol. The third-order valence-corrected chi connectivity index (χ3v) is 4.00. The minimum atomic E-state index is 0.898. The van der Waals surface area contributed by atoms with Crippen molar-refractivity contribution in [3.8, 4) is 0 Å². The summed E-state index contributed by atoms with van der Waals surface area (Å²) in [6.45, 7) is 5.17. The van der Waals surface area contributed by atoms with Gasteiger partial charge in [-0.25, -0.2) is 0 Å². The fourth-order valence-electron chi connectivity index (χ4n) is 2.80. The maximum atomic E-state index is 5.37. The number of morpholine rings is 1. The molecule has 3 heteroatoms. The normalized spacial score (nSPS) is 17.1. The second-order valence-corrected chi connectivity index (χ2v) is 5.38. The smallest absolute Gasteiger partial charge is 0.0594 e. The van der Waals surface area contributed by atoms with Crippen molar-refractivity contribution in [2.24, 2.45) is 7.05 Å². The molecule has 0 radical (unpaired) electrons. The molecule has 102 valence electrons. The second kappa shape index (κ2) is 5.76. The van der Waals surface area contributed by atoms with Crippen molar-refractivity contribution in [2.75, 3.05) is 32.8 Å². The van der Waals surface area contributed by atoms with Gasteiger partial charge >= 0.3 is 0 Å². The van der Waals surface area contributed by atoms with Crippen molar-refractivity contribution >= 4 is 10.9 Å². The molecule has 1 aromatic heterocycles. The highest BCUT2D eigenvalue weighted by Crippen LogP contribution is 2.17. The highest BCUT2D eigenvalue weighted by molar-refractivity contribution is 5.80. The molecule has 19 heavy (non-hydrogen) atoms. The topological polar surface area (TPSA) is 17.4 Å². The Morgan fingerprint density at radius 1 is 1.16 bits per heavy atom. The Balaban J connectivity index is 1.57. The van der Waals surface area contributed by atoms with Crippen molar-refractivity contribution in [3.63, 3.8) is 0 Å². The molecule has 0 unspecified atom stereocenters. The number of rotatable bonds is 4. The van der Waals surface area contributed by atoms with E-state index in [0.717, 1.165) is 26.3 Å². The molecule has 2 aromatic rings. The Morgan fingerprint density at radius 2 is 2.00 bits per heavy atom. The van der Waals surface area contributed by atoms with E-state index in [4.69, 9.17) is 4.74 Å². The van der Waals surface area contributed by atoms with Gasteiger partial charge in [0.05, 0.1) is 13.2 Å². The standard InChI is InChI=1S/C16H22N2O/c1-17-8-6-15-5-4-14(13-16(15)17)3-2-7-18-9-11-19-12-10-18/h4-6,8,13H,2-3,7,9-12H2,1H3. The number of aromatic nitrogens is 1. The monoisotopic (exact) mass is 258 g/mol. The van der Waals surface area contributed by atoms with Gasteiger partial charge in [0.2, 0.25) is 0 Å². The Morgan fingerprint density at radius 3 is 2.84 bits per heavy atom. The summed E-state index contributed by atoms with van der Waals surface area (Å²) >= 11 is 0. The fraction of sp³-hybridized carbons (Fsp3) is 0.500. The van der Waals surface area contributed by atoms with E-state index in [1.807, 2.05) is 0 Å². The zero-order valence-electron chi connectivity index (χ0n) is 11.6. The molecule has 1 aliphatic rings. The Labute approximate surface area is 114 Å². The summed E-state index contributed by atoms with van der Waals surface area (Å²) in [5, 5.41) is 1.33. The lowest BCUT2D eigenvalue weighted by Gasteiger charge is -2.26. The molecule has 1 fully saturated rings. The average Bonchev–Trinajstić information content (AvgIpc) is 2.82. The van der Waals surface area contributed by atoms with Crippen LogP contribution >= 0.6 is 0 Å². The molecule has 1 aliphatic heterocycles. The van der Waals surface area contributed by atoms with Crippen molar-refractivity contribution in [1.82, 2.24) is 9.47 Å². The highest BCUT2D eigenvalue weighted by atomic mass is 16.5. The minimum Gasteiger partial charge on any atom is -0.379 e. The maximum absolute atomic E-state index is 5.37. The number of benzene rings is 1. The third kappa shape index (κ3) is 2.99. The lowest BCUT2D eigenvalue weighted by atomic mass is 10.1. The molecule has 0 aliphatic carbocycles. The predicted molar refractivity (Wildman–Crippen MR) is 78.5 cm³/mol. The van der Waals surface area contributed by atoms with E-state index in [1.165, 1.54) is 35.9 Å². The minimum absolute atomic E-state index is 0.898. The quantitative estimate of drug-likeness (QED) is 0.838. The molecule has 0 amide bonds. The van der Waals surface area contributed by atoms with Gasteiger partial charge in [0.1, 0.15) is 0 Å². The number of ether oxygens (including phenoxy) is 1. The maximum Gasteiger partial charge on any atom is 0.0594 e. The number of fused-ring (bicyclic) bond motifs is 1. The largest absolute Gasteiger partial charge is 0.379 e. The molecular formula is C16H22N2O. The zero-order chi connectivity index (χ0) is 13.1. The van der Waals surface area contributed by atoms with Crippen LogP contribution in [0, 0.1) is 0 Å². The number of aryl methyl sites for hydroxylation is 2. The average molecular weight is 258 g/mol. The van der Waals surface area contributed by atoms with Crippen LogP contribution in [0.2, 0.25) is 0 Å². The summed E-state index contributed by atoms with van der Waals surface area (Å²) in [4.78, 5) is 2.50. The summed E-state index contributed by atoms with van der Waals surface area (Å²) < 4.78 is 7.57. The van der Waals surface area contributed by atoms with Crippen molar-refractivity contribution in [1.29, 1.82) is 0 Å². The molecule has 3 rings (SSSR count). The lowest BCUT2D eigenvalue weighted by molar-refractivity contribution is 0.0375. The Bertz CT molecular complexity index is 541. The van der Waals surface area contributed by atoms with Gasteiger partial charge in [-0.05, 0) is 42.5 Å². The second-order valence-electron chi connectivity index (χ2n) is 5.38. The number of hydrogen-bond donors (Lipinski definition) is 0. The molecule has 0 N–H and O–H groups in total. The van der Waals surface area contributed by atoms with Crippen LogP contribution in [-0.4, -0.2) is 42.3 Å². The first-order valence-electron chi connectivity index (χ1n) is 7.17. The molecule has 0 spiro atoms. The summed E-state index contributed by atoms with van der Waals surface area (Å²) in [6.07, 6.45) is 4.52. The van der Waals surface area contributed by atoms with E-state index < -0.39 is 0 Å². The molecule has 3 nitrogen and oxygen atoms in total. The SMILES string of the molecule is Cn1ccc2ccc(CCCN3CCOCC3)cc21. The van der Waals surface area contributed by atoms with Crippen LogP contribution in [-0.2, 0) is 18.2 Å². The van der Waals surface area contributed by atoms with E-state index in [2.05, 4.69) is 47.0 Å². The van der Waals surface area contributed by atoms with Crippen LogP contribution in [0.3, 0.4) is 0 Å². The van der Waals surface area contributed by atoms with Gasteiger partial charge in [-0.15, -0.1) is 0 Å². The first-order valence-corrected chi connectivity index (χ1v) is 7.17. The van der Waals surface area contributed by atoms with Crippen LogP contribution in [0.1, 0.15) is 12.0 Å². The van der Waals surface area contributed by atoms with Crippen molar-refractivity contribution < 1.29 is 4.74 Å². The van der Waals surface area contributed by atoms with Crippen molar-refractivity contribution in [3.05, 3.63) is 36.0 Å². The molecule has 0 saturated carbocycles. The summed E-state index contributed by atoms with van der Waals surface area (Å²) in [7, 11) is 2.11. The highest BCUT2D eigenvalue weighted by Gasteiger charge is 2.09. The van der Waals surface area contributed by atoms with Gasteiger partial charge < -0.3 is 9.30 Å². The molecule has 0 bridgehead atoms. The van der Waals surface area contributed by atoms with E-state index in [1.54, 1.807) is 0 Å². The molecule has 1 saturated heterocycles. The number of nitrogens with zero attached hydrogens (tertiary/aromatic N) is 2. The predicted octanol–water partition coefficient (Wildman–Crippen LogP) is 2.44. The van der Waals surface area contributed by atoms with Crippen LogP contribution in [0.25, 0.3) is 10.9 Å². The van der Waals surface area contributed by atoms with Gasteiger partial charge in [-0.1, -0.05) is 12.1 Å². The Kier molecular flexibility index (Phi) is 3.85. The fourth-order valence-corrected chi connectivity index (χ4v) is 2.80. The van der Waals surface area contributed by atoms with Gasteiger partial charge in [0.25, 0.3) is 0 Å². The molecule has 2 heterocycles. The van der Waals surface area contributed by atoms with Gasteiger partial charge in [-0.3, -0.25) is 4.90 Å². The first-order chi connectivity index (χ1) is 9.33. The van der Waals surface area contributed by atoms with E-state index >= 15 is 0 Å². The summed E-state index contributed by atoms with van der Waals surface area (Å²) in [6, 6.07) is 9.00. The zero-order valence-corrected chi connectivity index (χ0v) is 11.6. The van der Waals surface area contributed by atoms with Gasteiger partial charge in [0.15, 0.2) is 0 Å². The van der Waals surface area contributed by atoms with Gasteiger partial charge in [0, 0.05) is 31.9 Å². The van der Waals surface area contributed by atoms with Crippen molar-refractivity contribution in [2.45, 2.75) is 12.8 Å². The molecule has 0 atom stereocenters. The van der Waals surface area contributed by atoms with E-state index in [-0.39, 0.29) is 0 Å². The Hall–Kier alpha value is -1.32. The summed E-state index contributed by atoms with van der Waals surface area (Å²) in [5.41, 5.74) is 2.78. The van der Waals surface area contributed by atoms with E-state index in [9.17, 15) is 0 Å².